The summed E-state index contributed by atoms with van der Waals surface area (Å²) in [5.41, 5.74) is 2.49. The summed E-state index contributed by atoms with van der Waals surface area (Å²) in [4.78, 5) is 8.30. The summed E-state index contributed by atoms with van der Waals surface area (Å²) >= 11 is 0. The van der Waals surface area contributed by atoms with Gasteiger partial charge in [0, 0.05) is 18.9 Å². The minimum atomic E-state index is 0.175. The van der Waals surface area contributed by atoms with Gasteiger partial charge in [0.15, 0.2) is 0 Å². The molecule has 16 heavy (non-hydrogen) atoms. The van der Waals surface area contributed by atoms with Crippen LogP contribution >= 0.6 is 0 Å². The third-order valence-electron chi connectivity index (χ3n) is 2.42. The molecule has 1 fully saturated rings. The molecule has 2 heterocycles. The van der Waals surface area contributed by atoms with Gasteiger partial charge in [0.2, 0.25) is 5.88 Å². The van der Waals surface area contributed by atoms with Crippen LogP contribution in [0.25, 0.3) is 0 Å². The SMILES string of the molecule is Cc1nc(NN)cc(OC2CCOCC2)n1. The number of aromatic nitrogens is 2. The molecule has 1 aliphatic heterocycles. The number of aryl methyl sites for hydroxylation is 1. The summed E-state index contributed by atoms with van der Waals surface area (Å²) in [6, 6.07) is 1.70. The van der Waals surface area contributed by atoms with Crippen LogP contribution in [-0.2, 0) is 4.74 Å². The molecule has 0 radical (unpaired) electrons. The van der Waals surface area contributed by atoms with E-state index in [0.29, 0.717) is 17.5 Å². The molecule has 0 bridgehead atoms. The standard InChI is InChI=1S/C10H16N4O2/c1-7-12-9(14-11)6-10(13-7)16-8-2-4-15-5-3-8/h6,8H,2-5,11H2,1H3,(H,12,13,14). The van der Waals surface area contributed by atoms with Crippen molar-refractivity contribution in [1.29, 1.82) is 0 Å². The summed E-state index contributed by atoms with van der Waals surface area (Å²) in [6.07, 6.45) is 1.97. The second-order valence-electron chi connectivity index (χ2n) is 3.71. The zero-order valence-electron chi connectivity index (χ0n) is 9.27. The summed E-state index contributed by atoms with van der Waals surface area (Å²) in [6.45, 7) is 3.30. The maximum absolute atomic E-state index is 5.75. The summed E-state index contributed by atoms with van der Waals surface area (Å²) in [5, 5.41) is 0. The van der Waals surface area contributed by atoms with Gasteiger partial charge < -0.3 is 14.9 Å². The fourth-order valence-corrected chi connectivity index (χ4v) is 1.64. The van der Waals surface area contributed by atoms with Crippen LogP contribution in [0.15, 0.2) is 6.07 Å². The van der Waals surface area contributed by atoms with E-state index in [1.165, 1.54) is 0 Å². The van der Waals surface area contributed by atoms with Crippen LogP contribution < -0.4 is 16.0 Å². The van der Waals surface area contributed by atoms with Gasteiger partial charge in [-0.1, -0.05) is 0 Å². The first-order chi connectivity index (χ1) is 7.78. The molecule has 88 valence electrons. The first-order valence-electron chi connectivity index (χ1n) is 5.34. The van der Waals surface area contributed by atoms with Crippen LogP contribution in [0.5, 0.6) is 5.88 Å². The maximum atomic E-state index is 5.75. The van der Waals surface area contributed by atoms with Crippen LogP contribution in [0, 0.1) is 6.92 Å². The maximum Gasteiger partial charge on any atom is 0.219 e. The number of nitrogens with one attached hydrogen (secondary N) is 1. The number of hydrazine groups is 1. The lowest BCUT2D eigenvalue weighted by atomic mass is 10.2. The summed E-state index contributed by atoms with van der Waals surface area (Å²) in [5.74, 6) is 7.07. The van der Waals surface area contributed by atoms with Gasteiger partial charge in [-0.3, -0.25) is 0 Å². The molecule has 1 aromatic rings. The van der Waals surface area contributed by atoms with Crippen molar-refractivity contribution >= 4 is 5.82 Å². The van der Waals surface area contributed by atoms with Gasteiger partial charge in [0.1, 0.15) is 17.7 Å². The molecule has 2 rings (SSSR count). The van der Waals surface area contributed by atoms with E-state index in [4.69, 9.17) is 15.3 Å². The van der Waals surface area contributed by atoms with Crippen molar-refractivity contribution in [3.8, 4) is 5.88 Å². The Balaban J connectivity index is 2.04. The highest BCUT2D eigenvalue weighted by atomic mass is 16.5. The second-order valence-corrected chi connectivity index (χ2v) is 3.71. The Morgan fingerprint density at radius 2 is 2.19 bits per heavy atom. The number of hydrogen-bond acceptors (Lipinski definition) is 6. The average Bonchev–Trinajstić information content (AvgIpc) is 2.29. The van der Waals surface area contributed by atoms with Crippen LogP contribution in [0.1, 0.15) is 18.7 Å². The minimum Gasteiger partial charge on any atom is -0.474 e. The van der Waals surface area contributed by atoms with E-state index in [1.54, 1.807) is 13.0 Å². The van der Waals surface area contributed by atoms with Crippen molar-refractivity contribution in [2.24, 2.45) is 5.84 Å². The average molecular weight is 224 g/mol. The number of nitrogens with zero attached hydrogens (tertiary/aromatic N) is 2. The minimum absolute atomic E-state index is 0.175. The number of hydrogen-bond donors (Lipinski definition) is 2. The molecule has 0 aromatic carbocycles. The lowest BCUT2D eigenvalue weighted by molar-refractivity contribution is 0.0236. The van der Waals surface area contributed by atoms with Crippen molar-refractivity contribution < 1.29 is 9.47 Å². The van der Waals surface area contributed by atoms with Crippen molar-refractivity contribution in [2.75, 3.05) is 18.6 Å². The highest BCUT2D eigenvalue weighted by Gasteiger charge is 2.16. The van der Waals surface area contributed by atoms with Gasteiger partial charge in [-0.2, -0.15) is 4.98 Å². The zero-order valence-corrected chi connectivity index (χ0v) is 9.27. The monoisotopic (exact) mass is 224 g/mol. The fourth-order valence-electron chi connectivity index (χ4n) is 1.64. The summed E-state index contributed by atoms with van der Waals surface area (Å²) in [7, 11) is 0. The molecule has 1 saturated heterocycles. The molecule has 1 aliphatic rings. The molecule has 0 saturated carbocycles. The molecule has 0 unspecified atom stereocenters. The third-order valence-corrected chi connectivity index (χ3v) is 2.42. The molecule has 0 atom stereocenters. The number of nitrogens with two attached hydrogens (primary N) is 1. The molecular formula is C10H16N4O2. The van der Waals surface area contributed by atoms with Gasteiger partial charge >= 0.3 is 0 Å². The molecule has 6 nitrogen and oxygen atoms in total. The molecule has 0 aliphatic carbocycles. The lowest BCUT2D eigenvalue weighted by Gasteiger charge is -2.22. The highest BCUT2D eigenvalue weighted by molar-refractivity contribution is 5.36. The van der Waals surface area contributed by atoms with E-state index in [-0.39, 0.29) is 6.10 Å². The van der Waals surface area contributed by atoms with Crippen LogP contribution in [0.3, 0.4) is 0 Å². The van der Waals surface area contributed by atoms with E-state index < -0.39 is 0 Å². The molecule has 3 N–H and O–H groups in total. The van der Waals surface area contributed by atoms with E-state index in [0.717, 1.165) is 26.1 Å². The number of rotatable bonds is 3. The van der Waals surface area contributed by atoms with E-state index in [9.17, 15) is 0 Å². The Kier molecular flexibility index (Phi) is 3.53. The normalized spacial score (nSPS) is 17.1. The van der Waals surface area contributed by atoms with Crippen LogP contribution in [0.4, 0.5) is 5.82 Å². The van der Waals surface area contributed by atoms with Crippen molar-refractivity contribution in [2.45, 2.75) is 25.9 Å². The number of anilines is 1. The fraction of sp³-hybridized carbons (Fsp3) is 0.600. The topological polar surface area (TPSA) is 82.3 Å². The predicted molar refractivity (Wildman–Crippen MR) is 59.0 cm³/mol. The van der Waals surface area contributed by atoms with Crippen molar-refractivity contribution in [3.63, 3.8) is 0 Å². The number of ether oxygens (including phenoxy) is 2. The van der Waals surface area contributed by atoms with Crippen LogP contribution in [-0.4, -0.2) is 29.3 Å². The zero-order chi connectivity index (χ0) is 11.4. The third kappa shape index (κ3) is 2.80. The molecule has 6 heteroatoms. The molecular weight excluding hydrogens is 208 g/mol. The first kappa shape index (κ1) is 11.1. The summed E-state index contributed by atoms with van der Waals surface area (Å²) < 4.78 is 11.0. The highest BCUT2D eigenvalue weighted by Crippen LogP contribution is 2.18. The van der Waals surface area contributed by atoms with E-state index in [1.807, 2.05) is 0 Å². The quantitative estimate of drug-likeness (QED) is 0.579. The lowest BCUT2D eigenvalue weighted by Crippen LogP contribution is -2.26. The van der Waals surface area contributed by atoms with E-state index >= 15 is 0 Å². The largest absolute Gasteiger partial charge is 0.474 e. The molecule has 1 aromatic heterocycles. The Labute approximate surface area is 94.1 Å². The second kappa shape index (κ2) is 5.09. The Bertz CT molecular complexity index is 353. The van der Waals surface area contributed by atoms with Crippen LogP contribution in [0.2, 0.25) is 0 Å². The van der Waals surface area contributed by atoms with Gasteiger partial charge in [-0.15, -0.1) is 0 Å². The van der Waals surface area contributed by atoms with Crippen molar-refractivity contribution in [1.82, 2.24) is 9.97 Å². The molecule has 0 amide bonds. The molecule has 0 spiro atoms. The Morgan fingerprint density at radius 3 is 2.88 bits per heavy atom. The van der Waals surface area contributed by atoms with Gasteiger partial charge in [0.25, 0.3) is 0 Å². The van der Waals surface area contributed by atoms with Gasteiger partial charge in [0.05, 0.1) is 13.2 Å². The smallest absolute Gasteiger partial charge is 0.219 e. The van der Waals surface area contributed by atoms with Crippen molar-refractivity contribution in [3.05, 3.63) is 11.9 Å². The van der Waals surface area contributed by atoms with Gasteiger partial charge in [-0.25, -0.2) is 10.8 Å². The Morgan fingerprint density at radius 1 is 1.44 bits per heavy atom. The van der Waals surface area contributed by atoms with Gasteiger partial charge in [-0.05, 0) is 6.92 Å². The number of nitrogen functional groups attached to an aromatic ring is 1. The first-order valence-corrected chi connectivity index (χ1v) is 5.34. The predicted octanol–water partition coefficient (Wildman–Crippen LogP) is 0.628. The van der Waals surface area contributed by atoms with E-state index in [2.05, 4.69) is 15.4 Å². The Hall–Kier alpha value is -1.40.